The van der Waals surface area contributed by atoms with E-state index >= 15 is 0 Å². The van der Waals surface area contributed by atoms with Crippen molar-refractivity contribution in [1.29, 1.82) is 0 Å². The third-order valence-corrected chi connectivity index (χ3v) is 35.4. The van der Waals surface area contributed by atoms with Crippen molar-refractivity contribution in [3.63, 3.8) is 0 Å². The molecular weight excluding hydrogens is 570 g/mol. The van der Waals surface area contributed by atoms with Crippen LogP contribution in [0.5, 0.6) is 0 Å². The van der Waals surface area contributed by atoms with E-state index in [9.17, 15) is 4.79 Å². The van der Waals surface area contributed by atoms with Crippen molar-refractivity contribution in [3.8, 4) is 0 Å². The van der Waals surface area contributed by atoms with Gasteiger partial charge in [-0.25, -0.2) is 0 Å². The van der Waals surface area contributed by atoms with Gasteiger partial charge in [-0.2, -0.15) is 0 Å². The summed E-state index contributed by atoms with van der Waals surface area (Å²) in [4.78, 5) is 13.0. The molecule has 0 heterocycles. The Morgan fingerprint density at radius 1 is 0.806 bits per heavy atom. The van der Waals surface area contributed by atoms with Crippen LogP contribution in [0.1, 0.15) is 69.7 Å². The Morgan fingerprint density at radius 2 is 1.29 bits per heavy atom. The van der Waals surface area contributed by atoms with Crippen molar-refractivity contribution < 1.29 is 4.79 Å². The molecule has 31 heavy (non-hydrogen) atoms. The van der Waals surface area contributed by atoms with Crippen LogP contribution < -0.4 is 4.46 Å². The SMILES string of the molecule is CCC[CH2][Sn]([CH2]CCC)([CH2]CCC)[CH](CSC(=O)c1ccccc1)[Se]c1ccccc1. The van der Waals surface area contributed by atoms with E-state index in [1.807, 2.05) is 30.3 Å². The molecule has 0 amide bonds. The fraction of sp³-hybridized carbons (Fsp3) is 0.519. The molecule has 0 saturated heterocycles. The molecule has 1 unspecified atom stereocenters. The van der Waals surface area contributed by atoms with Gasteiger partial charge in [-0.15, -0.1) is 0 Å². The number of carbonyl (C=O) groups is 1. The first-order valence-corrected chi connectivity index (χ1v) is 22.6. The number of carbonyl (C=O) groups excluding carboxylic acids is 1. The topological polar surface area (TPSA) is 17.1 Å². The van der Waals surface area contributed by atoms with Gasteiger partial charge in [0.25, 0.3) is 0 Å². The molecule has 0 aliphatic rings. The first kappa shape index (κ1) is 27.0. The maximum absolute atomic E-state index is 13.0. The van der Waals surface area contributed by atoms with E-state index < -0.39 is 18.4 Å². The van der Waals surface area contributed by atoms with Crippen LogP contribution in [0.25, 0.3) is 0 Å². The fourth-order valence-electron chi connectivity index (χ4n) is 4.25. The third-order valence-electron chi connectivity index (χ3n) is 6.16. The maximum atomic E-state index is 13.0. The minimum atomic E-state index is -2.43. The van der Waals surface area contributed by atoms with Crippen LogP contribution in [-0.2, 0) is 0 Å². The number of unbranched alkanes of at least 4 members (excludes halogenated alkanes) is 3. The average Bonchev–Trinajstić information content (AvgIpc) is 2.82. The van der Waals surface area contributed by atoms with E-state index in [1.165, 1.54) is 56.3 Å². The normalized spacial score (nSPS) is 12.6. The van der Waals surface area contributed by atoms with E-state index in [0.29, 0.717) is 15.0 Å². The molecule has 2 aromatic rings. The van der Waals surface area contributed by atoms with Crippen LogP contribution in [0.4, 0.5) is 0 Å². The van der Waals surface area contributed by atoms with Crippen molar-refractivity contribution >= 4 is 54.7 Å². The Morgan fingerprint density at radius 3 is 1.77 bits per heavy atom. The Kier molecular flexibility index (Phi) is 13.6. The van der Waals surface area contributed by atoms with Crippen molar-refractivity contribution in [2.24, 2.45) is 0 Å². The molecule has 0 fully saturated rings. The molecule has 1 atom stereocenters. The zero-order valence-electron chi connectivity index (χ0n) is 19.6. The molecule has 2 rings (SSSR count). The van der Waals surface area contributed by atoms with Crippen molar-refractivity contribution in [2.45, 2.75) is 75.4 Å². The summed E-state index contributed by atoms with van der Waals surface area (Å²) in [5.41, 5.74) is 0.856. The van der Waals surface area contributed by atoms with Gasteiger partial charge in [0.15, 0.2) is 0 Å². The van der Waals surface area contributed by atoms with E-state index in [1.54, 1.807) is 11.8 Å². The molecule has 2 aromatic carbocycles. The molecule has 4 heteroatoms. The number of hydrogen-bond acceptors (Lipinski definition) is 2. The van der Waals surface area contributed by atoms with E-state index in [0.717, 1.165) is 14.1 Å². The Bertz CT molecular complexity index is 716. The molecule has 0 aliphatic heterocycles. The zero-order valence-corrected chi connectivity index (χ0v) is 25.0. The Labute approximate surface area is 205 Å². The number of thioether (sulfide) groups is 1. The van der Waals surface area contributed by atoms with Crippen LogP contribution >= 0.6 is 11.8 Å². The quantitative estimate of drug-likeness (QED) is 0.192. The van der Waals surface area contributed by atoms with Crippen molar-refractivity contribution in [3.05, 3.63) is 66.2 Å². The van der Waals surface area contributed by atoms with Crippen molar-refractivity contribution in [2.75, 3.05) is 5.75 Å². The molecule has 0 aromatic heterocycles. The molecule has 0 radical (unpaired) electrons. The van der Waals surface area contributed by atoms with Gasteiger partial charge in [-0.05, 0) is 0 Å². The second-order valence-corrected chi connectivity index (χ2v) is 28.9. The van der Waals surface area contributed by atoms with Crippen LogP contribution in [0, 0.1) is 0 Å². The summed E-state index contributed by atoms with van der Waals surface area (Å²) in [5.74, 6) is 1.04. The van der Waals surface area contributed by atoms with Gasteiger partial charge in [0.05, 0.1) is 0 Å². The number of hydrogen-bond donors (Lipinski definition) is 0. The molecule has 0 aliphatic carbocycles. The summed E-state index contributed by atoms with van der Waals surface area (Å²) in [6, 6.07) is 21.0. The Hall–Kier alpha value is -0.222. The van der Waals surface area contributed by atoms with Crippen molar-refractivity contribution in [1.82, 2.24) is 0 Å². The summed E-state index contributed by atoms with van der Waals surface area (Å²) in [6.45, 7) is 7.05. The van der Waals surface area contributed by atoms with Gasteiger partial charge >= 0.3 is 207 Å². The van der Waals surface area contributed by atoms with Gasteiger partial charge in [0.2, 0.25) is 0 Å². The predicted molar refractivity (Wildman–Crippen MR) is 144 cm³/mol. The van der Waals surface area contributed by atoms with E-state index in [2.05, 4.69) is 51.1 Å². The summed E-state index contributed by atoms with van der Waals surface area (Å²) in [5, 5.41) is 0.260. The van der Waals surface area contributed by atoms with Gasteiger partial charge in [0.1, 0.15) is 0 Å². The molecule has 0 saturated carbocycles. The molecule has 0 N–H and O–H groups in total. The first-order valence-electron chi connectivity index (χ1n) is 12.1. The van der Waals surface area contributed by atoms with E-state index in [4.69, 9.17) is 0 Å². The van der Waals surface area contributed by atoms with Gasteiger partial charge in [0, 0.05) is 0 Å². The first-order chi connectivity index (χ1) is 15.1. The van der Waals surface area contributed by atoms with Gasteiger partial charge in [-0.3, -0.25) is 0 Å². The molecule has 170 valence electrons. The number of rotatable bonds is 15. The van der Waals surface area contributed by atoms with E-state index in [-0.39, 0.29) is 5.12 Å². The molecular formula is C27H40OSSeSn. The third kappa shape index (κ3) is 9.27. The van der Waals surface area contributed by atoms with Crippen LogP contribution in [0.2, 0.25) is 16.1 Å². The van der Waals surface area contributed by atoms with Gasteiger partial charge < -0.3 is 0 Å². The summed E-state index contributed by atoms with van der Waals surface area (Å²) in [6.07, 6.45) is 8.08. The summed E-state index contributed by atoms with van der Waals surface area (Å²) < 4.78 is 6.88. The monoisotopic (exact) mass is 612 g/mol. The zero-order chi connectivity index (χ0) is 22.4. The molecule has 1 nitrogen and oxygen atoms in total. The van der Waals surface area contributed by atoms with Gasteiger partial charge in [-0.1, -0.05) is 0 Å². The minimum absolute atomic E-state index is 0.260. The summed E-state index contributed by atoms with van der Waals surface area (Å²) >= 11 is -0.347. The predicted octanol–water partition coefficient (Wildman–Crippen LogP) is 7.77. The van der Waals surface area contributed by atoms with Crippen LogP contribution in [-0.4, -0.2) is 44.2 Å². The average molecular weight is 610 g/mol. The summed E-state index contributed by atoms with van der Waals surface area (Å²) in [7, 11) is 0. The van der Waals surface area contributed by atoms with Crippen LogP contribution in [0.3, 0.4) is 0 Å². The standard InChI is InChI=1S/C15H13OSSe.3C4H9.Sn/c16-15(13-7-3-1-4-8-13)17-11-12-18-14-9-5-2-6-10-14;3*1-3-4-2;/h1-10,12H,11H2;3*1,3-4H2,2H3;. The number of benzene rings is 2. The second kappa shape index (κ2) is 15.6. The van der Waals surface area contributed by atoms with Crippen LogP contribution in [0.15, 0.2) is 60.7 Å². The molecule has 0 bridgehead atoms. The Balaban J connectivity index is 2.30. The molecule has 0 spiro atoms. The second-order valence-electron chi connectivity index (χ2n) is 8.56. The fourth-order valence-corrected chi connectivity index (χ4v) is 36.4.